The van der Waals surface area contributed by atoms with Crippen molar-refractivity contribution in [3.05, 3.63) is 33.8 Å². The molecule has 2 atom stereocenters. The first kappa shape index (κ1) is 14.7. The molecule has 0 aliphatic rings. The average Bonchev–Trinajstić information content (AvgIpc) is 2.33. The van der Waals surface area contributed by atoms with Crippen LogP contribution in [0.5, 0.6) is 0 Å². The summed E-state index contributed by atoms with van der Waals surface area (Å²) in [6.07, 6.45) is 2.38. The van der Waals surface area contributed by atoms with Gasteiger partial charge in [-0.05, 0) is 43.0 Å². The molecule has 1 aromatic carbocycles. The Morgan fingerprint density at radius 2 is 2.00 bits per heavy atom. The van der Waals surface area contributed by atoms with Crippen molar-refractivity contribution in [2.75, 3.05) is 6.54 Å². The van der Waals surface area contributed by atoms with Crippen LogP contribution in [0.15, 0.2) is 22.7 Å². The third-order valence-electron chi connectivity index (χ3n) is 3.38. The first-order valence-corrected chi connectivity index (χ1v) is 7.38. The van der Waals surface area contributed by atoms with Crippen LogP contribution in [0.1, 0.15) is 50.8 Å². The van der Waals surface area contributed by atoms with Crippen LogP contribution in [-0.4, -0.2) is 6.54 Å². The molecule has 0 aromatic heterocycles. The summed E-state index contributed by atoms with van der Waals surface area (Å²) in [4.78, 5) is 0. The maximum absolute atomic E-state index is 3.66. The van der Waals surface area contributed by atoms with Crippen molar-refractivity contribution in [3.8, 4) is 0 Å². The largest absolute Gasteiger partial charge is 0.310 e. The summed E-state index contributed by atoms with van der Waals surface area (Å²) in [5, 5.41) is 3.66. The molecule has 0 radical (unpaired) electrons. The Hall–Kier alpha value is -0.340. The van der Waals surface area contributed by atoms with E-state index < -0.39 is 0 Å². The van der Waals surface area contributed by atoms with Crippen molar-refractivity contribution in [1.29, 1.82) is 0 Å². The van der Waals surface area contributed by atoms with Crippen LogP contribution < -0.4 is 5.32 Å². The average molecular weight is 298 g/mol. The van der Waals surface area contributed by atoms with E-state index in [-0.39, 0.29) is 0 Å². The Morgan fingerprint density at radius 3 is 2.53 bits per heavy atom. The Bertz CT molecular complexity index is 349. The maximum Gasteiger partial charge on any atom is 0.0346 e. The third-order valence-corrected chi connectivity index (χ3v) is 4.24. The zero-order valence-corrected chi connectivity index (χ0v) is 13.0. The molecular weight excluding hydrogens is 274 g/mol. The molecule has 17 heavy (non-hydrogen) atoms. The zero-order valence-electron chi connectivity index (χ0n) is 11.4. The number of rotatable bonds is 6. The molecule has 0 heterocycles. The highest BCUT2D eigenvalue weighted by molar-refractivity contribution is 9.10. The summed E-state index contributed by atoms with van der Waals surface area (Å²) in [5.41, 5.74) is 2.69. The normalized spacial score (nSPS) is 14.6. The zero-order chi connectivity index (χ0) is 12.8. The minimum absolute atomic E-state index is 0.469. The molecule has 0 fully saturated rings. The molecule has 0 saturated heterocycles. The lowest BCUT2D eigenvalue weighted by Gasteiger charge is -2.25. The van der Waals surface area contributed by atoms with E-state index in [0.29, 0.717) is 12.0 Å². The van der Waals surface area contributed by atoms with Gasteiger partial charge in [0.05, 0.1) is 0 Å². The molecule has 0 spiro atoms. The summed E-state index contributed by atoms with van der Waals surface area (Å²) >= 11 is 3.63. The van der Waals surface area contributed by atoms with Gasteiger partial charge in [0.1, 0.15) is 0 Å². The van der Waals surface area contributed by atoms with Gasteiger partial charge < -0.3 is 5.32 Å². The number of benzene rings is 1. The van der Waals surface area contributed by atoms with Crippen LogP contribution in [0.3, 0.4) is 0 Å². The van der Waals surface area contributed by atoms with Gasteiger partial charge in [-0.3, -0.25) is 0 Å². The highest BCUT2D eigenvalue weighted by Crippen LogP contribution is 2.28. The Labute approximate surface area is 114 Å². The van der Waals surface area contributed by atoms with Crippen molar-refractivity contribution in [2.24, 2.45) is 5.92 Å². The van der Waals surface area contributed by atoms with E-state index in [4.69, 9.17) is 0 Å². The molecule has 1 nitrogen and oxygen atoms in total. The number of aryl methyl sites for hydroxylation is 1. The molecule has 1 aromatic rings. The lowest BCUT2D eigenvalue weighted by Crippen LogP contribution is -2.27. The van der Waals surface area contributed by atoms with Crippen LogP contribution in [0.4, 0.5) is 0 Å². The fourth-order valence-electron chi connectivity index (χ4n) is 1.99. The van der Waals surface area contributed by atoms with Crippen LogP contribution in [0.25, 0.3) is 0 Å². The predicted octanol–water partition coefficient (Wildman–Crippen LogP) is 4.84. The van der Waals surface area contributed by atoms with Crippen LogP contribution in [-0.2, 0) is 0 Å². The first-order valence-electron chi connectivity index (χ1n) is 6.59. The quantitative estimate of drug-likeness (QED) is 0.792. The summed E-state index contributed by atoms with van der Waals surface area (Å²) < 4.78 is 1.21. The van der Waals surface area contributed by atoms with Crippen molar-refractivity contribution < 1.29 is 0 Å². The molecule has 2 heteroatoms. The van der Waals surface area contributed by atoms with Crippen LogP contribution in [0.2, 0.25) is 0 Å². The summed E-state index contributed by atoms with van der Waals surface area (Å²) in [5.74, 6) is 0.663. The maximum atomic E-state index is 3.66. The molecule has 2 unspecified atom stereocenters. The molecule has 0 saturated carbocycles. The molecule has 96 valence electrons. The van der Waals surface area contributed by atoms with Gasteiger partial charge in [-0.25, -0.2) is 0 Å². The molecule has 0 amide bonds. The molecule has 1 N–H and O–H groups in total. The lowest BCUT2D eigenvalue weighted by molar-refractivity contribution is 0.377. The van der Waals surface area contributed by atoms with E-state index >= 15 is 0 Å². The second-order valence-corrected chi connectivity index (χ2v) is 5.68. The summed E-state index contributed by atoms with van der Waals surface area (Å²) in [6, 6.07) is 7.17. The van der Waals surface area contributed by atoms with E-state index in [1.54, 1.807) is 0 Å². The van der Waals surface area contributed by atoms with Gasteiger partial charge in [-0.2, -0.15) is 0 Å². The van der Waals surface area contributed by atoms with Gasteiger partial charge >= 0.3 is 0 Å². The van der Waals surface area contributed by atoms with Crippen molar-refractivity contribution in [2.45, 2.75) is 46.6 Å². The monoisotopic (exact) mass is 297 g/mol. The Kier molecular flexibility index (Phi) is 6.21. The number of nitrogens with one attached hydrogen (secondary N) is 1. The molecule has 0 aliphatic carbocycles. The summed E-state index contributed by atoms with van der Waals surface area (Å²) in [7, 11) is 0. The standard InChI is InChI=1S/C15H24BrN/c1-5-9-17-15(11(3)6-2)13-8-7-12(4)14(16)10-13/h7-8,10-11,15,17H,5-6,9H2,1-4H3. The van der Waals surface area contributed by atoms with E-state index in [1.807, 2.05) is 0 Å². The Morgan fingerprint density at radius 1 is 1.29 bits per heavy atom. The number of hydrogen-bond donors (Lipinski definition) is 1. The lowest BCUT2D eigenvalue weighted by atomic mass is 9.92. The minimum atomic E-state index is 0.469. The number of hydrogen-bond acceptors (Lipinski definition) is 1. The third kappa shape index (κ3) is 4.11. The van der Waals surface area contributed by atoms with E-state index in [1.165, 1.54) is 28.4 Å². The van der Waals surface area contributed by atoms with Gasteiger partial charge in [0.25, 0.3) is 0 Å². The fourth-order valence-corrected chi connectivity index (χ4v) is 2.38. The van der Waals surface area contributed by atoms with Gasteiger partial charge in [0.2, 0.25) is 0 Å². The highest BCUT2D eigenvalue weighted by atomic mass is 79.9. The second kappa shape index (κ2) is 7.17. The predicted molar refractivity (Wildman–Crippen MR) is 79.4 cm³/mol. The van der Waals surface area contributed by atoms with Gasteiger partial charge in [0.15, 0.2) is 0 Å². The second-order valence-electron chi connectivity index (χ2n) is 4.83. The minimum Gasteiger partial charge on any atom is -0.310 e. The van der Waals surface area contributed by atoms with Crippen molar-refractivity contribution >= 4 is 15.9 Å². The number of halogens is 1. The van der Waals surface area contributed by atoms with Crippen molar-refractivity contribution in [3.63, 3.8) is 0 Å². The topological polar surface area (TPSA) is 12.0 Å². The van der Waals surface area contributed by atoms with E-state index in [2.05, 4.69) is 67.1 Å². The fraction of sp³-hybridized carbons (Fsp3) is 0.600. The molecular formula is C15H24BrN. The van der Waals surface area contributed by atoms with Gasteiger partial charge in [-0.1, -0.05) is 55.3 Å². The van der Waals surface area contributed by atoms with E-state index in [9.17, 15) is 0 Å². The van der Waals surface area contributed by atoms with Crippen molar-refractivity contribution in [1.82, 2.24) is 5.32 Å². The SMILES string of the molecule is CCCNC(c1ccc(C)c(Br)c1)C(C)CC. The molecule has 0 bridgehead atoms. The first-order chi connectivity index (χ1) is 8.10. The highest BCUT2D eigenvalue weighted by Gasteiger charge is 2.17. The smallest absolute Gasteiger partial charge is 0.0346 e. The van der Waals surface area contributed by atoms with E-state index in [0.717, 1.165) is 6.54 Å². The van der Waals surface area contributed by atoms with Crippen LogP contribution in [0, 0.1) is 12.8 Å². The Balaban J connectivity index is 2.91. The van der Waals surface area contributed by atoms with Crippen LogP contribution >= 0.6 is 15.9 Å². The molecule has 1 rings (SSSR count). The molecule has 0 aliphatic heterocycles. The summed E-state index contributed by atoms with van der Waals surface area (Å²) in [6.45, 7) is 10.0. The van der Waals surface area contributed by atoms with Gasteiger partial charge in [0, 0.05) is 10.5 Å². The van der Waals surface area contributed by atoms with Gasteiger partial charge in [-0.15, -0.1) is 0 Å².